The first kappa shape index (κ1) is 41.4. The van der Waals surface area contributed by atoms with Gasteiger partial charge in [-0.05, 0) is 72.6 Å². The summed E-state index contributed by atoms with van der Waals surface area (Å²) in [5.41, 5.74) is 15.4. The fourth-order valence-corrected chi connectivity index (χ4v) is 4.76. The smallest absolute Gasteiger partial charge is 0.416 e. The molecule has 0 radical (unpaired) electrons. The first-order valence-electron chi connectivity index (χ1n) is 16.3. The minimum atomic E-state index is -4.55. The van der Waals surface area contributed by atoms with E-state index in [0.717, 1.165) is 37.2 Å². The molecule has 0 fully saturated rings. The van der Waals surface area contributed by atoms with Gasteiger partial charge in [-0.3, -0.25) is 14.6 Å². The number of fused-ring (bicyclic) bond motifs is 1. The van der Waals surface area contributed by atoms with Crippen molar-refractivity contribution in [3.05, 3.63) is 113 Å². The van der Waals surface area contributed by atoms with E-state index in [-0.39, 0.29) is 47.5 Å². The van der Waals surface area contributed by atoms with E-state index in [2.05, 4.69) is 15.3 Å². The highest BCUT2D eigenvalue weighted by Gasteiger charge is 2.31. The minimum absolute atomic E-state index is 0.0385. The highest BCUT2D eigenvalue weighted by atomic mass is 19.4. The van der Waals surface area contributed by atoms with Crippen molar-refractivity contribution >= 4 is 28.8 Å². The van der Waals surface area contributed by atoms with E-state index in [1.165, 1.54) is 53.1 Å². The number of alkyl halides is 6. The Labute approximate surface area is 301 Å². The summed E-state index contributed by atoms with van der Waals surface area (Å²) in [5.74, 6) is -0.620. The second-order valence-electron chi connectivity index (χ2n) is 11.0. The van der Waals surface area contributed by atoms with Gasteiger partial charge in [0.25, 0.3) is 5.91 Å². The zero-order valence-corrected chi connectivity index (χ0v) is 29.1. The number of ether oxygens (including phenoxy) is 1. The molecule has 0 aliphatic heterocycles. The van der Waals surface area contributed by atoms with E-state index in [9.17, 15) is 35.9 Å². The Morgan fingerprint density at radius 1 is 0.811 bits per heavy atom. The Balaban J connectivity index is 0.000000754. The largest absolute Gasteiger partial charge is 0.457 e. The highest BCUT2D eigenvalue weighted by Crippen LogP contribution is 2.34. The molecule has 1 aromatic heterocycles. The van der Waals surface area contributed by atoms with Crippen molar-refractivity contribution in [2.45, 2.75) is 52.6 Å². The molecule has 5 rings (SSSR count). The number of nitrogens with two attached hydrogens (primary N) is 3. The van der Waals surface area contributed by atoms with Crippen LogP contribution in [-0.4, -0.2) is 33.9 Å². The normalized spacial score (nSPS) is 11.0. The Bertz CT molecular complexity index is 2040. The molecule has 0 spiro atoms. The predicted molar refractivity (Wildman–Crippen MR) is 191 cm³/mol. The number of aromatic nitrogens is 2. The molecule has 1 heterocycles. The molecule has 0 aliphatic rings. The lowest BCUT2D eigenvalue weighted by Crippen LogP contribution is -2.23. The average Bonchev–Trinajstić information content (AvgIpc) is 3.47. The number of nitrogens with one attached hydrogen (secondary N) is 1. The number of primary amides is 1. The summed E-state index contributed by atoms with van der Waals surface area (Å²) in [6, 6.07) is 19.8. The lowest BCUT2D eigenvalue weighted by molar-refractivity contribution is -0.138. The molecule has 0 saturated carbocycles. The lowest BCUT2D eigenvalue weighted by atomic mass is 10.1. The van der Waals surface area contributed by atoms with Crippen LogP contribution in [0.2, 0.25) is 0 Å². The third kappa shape index (κ3) is 12.0. The van der Waals surface area contributed by atoms with Crippen molar-refractivity contribution < 1.29 is 40.7 Å². The molecular formula is C37H39F6N7O3. The van der Waals surface area contributed by atoms with Crippen molar-refractivity contribution in [3.8, 4) is 22.9 Å². The van der Waals surface area contributed by atoms with Gasteiger partial charge in [0.05, 0.1) is 22.2 Å². The fourth-order valence-electron chi connectivity index (χ4n) is 4.76. The first-order valence-corrected chi connectivity index (χ1v) is 16.3. The molecule has 282 valence electrons. The van der Waals surface area contributed by atoms with Gasteiger partial charge in [-0.1, -0.05) is 51.1 Å². The third-order valence-electron chi connectivity index (χ3n) is 7.04. The Morgan fingerprint density at radius 3 is 2.00 bits per heavy atom. The topological polar surface area (TPSA) is 164 Å². The van der Waals surface area contributed by atoms with Crippen LogP contribution in [0.5, 0.6) is 11.5 Å². The number of nitrogens with zero attached hydrogens (tertiary/aromatic N) is 3. The number of imidazole rings is 1. The number of carbonyl (C=O) groups excluding carboxylic acids is 2. The van der Waals surface area contributed by atoms with Crippen molar-refractivity contribution in [2.75, 3.05) is 6.54 Å². The molecule has 0 aliphatic carbocycles. The Kier molecular flexibility index (Phi) is 14.4. The van der Waals surface area contributed by atoms with Crippen LogP contribution >= 0.6 is 0 Å². The van der Waals surface area contributed by atoms with Gasteiger partial charge in [0.15, 0.2) is 5.96 Å². The van der Waals surface area contributed by atoms with Gasteiger partial charge in [-0.25, -0.2) is 4.98 Å². The van der Waals surface area contributed by atoms with Gasteiger partial charge in [-0.15, -0.1) is 0 Å². The minimum Gasteiger partial charge on any atom is -0.457 e. The number of guanidine groups is 1. The quantitative estimate of drug-likeness (QED) is 0.0653. The molecule has 0 bridgehead atoms. The Hall–Kier alpha value is -6.06. The molecule has 0 atom stereocenters. The van der Waals surface area contributed by atoms with Gasteiger partial charge in [0, 0.05) is 24.2 Å². The van der Waals surface area contributed by atoms with E-state index in [1.54, 1.807) is 18.2 Å². The number of halogens is 6. The second-order valence-corrected chi connectivity index (χ2v) is 11.0. The monoisotopic (exact) mass is 743 g/mol. The summed E-state index contributed by atoms with van der Waals surface area (Å²) >= 11 is 0. The third-order valence-corrected chi connectivity index (χ3v) is 7.04. The lowest BCUT2D eigenvalue weighted by Gasteiger charge is -2.11. The number of amides is 2. The second kappa shape index (κ2) is 18.4. The number of hydrogen-bond acceptors (Lipinski definition) is 5. The summed E-state index contributed by atoms with van der Waals surface area (Å²) in [4.78, 5) is 33.1. The van der Waals surface area contributed by atoms with Crippen LogP contribution in [0.3, 0.4) is 0 Å². The molecule has 53 heavy (non-hydrogen) atoms. The van der Waals surface area contributed by atoms with Crippen LogP contribution < -0.4 is 27.3 Å². The van der Waals surface area contributed by atoms with Crippen LogP contribution in [0.15, 0.2) is 96.0 Å². The van der Waals surface area contributed by atoms with Gasteiger partial charge in [-0.2, -0.15) is 26.3 Å². The number of benzene rings is 4. The molecule has 2 amide bonds. The van der Waals surface area contributed by atoms with Crippen LogP contribution in [0.4, 0.5) is 26.3 Å². The zero-order valence-electron chi connectivity index (χ0n) is 29.1. The number of carbonyl (C=O) groups is 2. The molecule has 0 unspecified atom stereocenters. The van der Waals surface area contributed by atoms with Crippen LogP contribution in [0.25, 0.3) is 22.4 Å². The van der Waals surface area contributed by atoms with E-state index in [1.807, 2.05) is 20.8 Å². The van der Waals surface area contributed by atoms with Crippen LogP contribution in [-0.2, 0) is 30.2 Å². The summed E-state index contributed by atoms with van der Waals surface area (Å²) in [5, 5.41) is 2.59. The van der Waals surface area contributed by atoms with Gasteiger partial charge in [0.1, 0.15) is 23.9 Å². The number of aliphatic imine (C=N–C) groups is 1. The number of hydrogen-bond donors (Lipinski definition) is 4. The standard InChI is InChI=1S/C31H22F6N4O3.C4H11N3.C2H6/c32-30(33,34)21-6-1-4-18(12-21)16-39-29(43)20-10-11-26-25(14-20)40-28(41(26)17-27(38)42)19-5-2-8-23(13-19)44-24-9-3-7-22(15-24)31(35,36)37;1-2-3-7-4(5)6;1-2/h1-15H,16-17H2,(H2,38,42)(H,39,43);2-3H2,1H3,(H4,5,6,7);1-2H3. The molecular weight excluding hydrogens is 704 g/mol. The summed E-state index contributed by atoms with van der Waals surface area (Å²) < 4.78 is 85.6. The molecule has 16 heteroatoms. The van der Waals surface area contributed by atoms with E-state index >= 15 is 0 Å². The summed E-state index contributed by atoms with van der Waals surface area (Å²) in [6.45, 7) is 6.33. The van der Waals surface area contributed by atoms with Crippen molar-refractivity contribution in [2.24, 2.45) is 22.2 Å². The molecule has 4 aromatic carbocycles. The maximum atomic E-state index is 13.1. The SMILES string of the molecule is CC.CCCN=C(N)N.NC(=O)Cn1c(-c2cccc(Oc3cccc(C(F)(F)F)c3)c2)nc2cc(C(=O)NCc3cccc(C(F)(F)F)c3)ccc21. The van der Waals surface area contributed by atoms with Crippen LogP contribution in [0.1, 0.15) is 54.2 Å². The molecule has 0 saturated heterocycles. The van der Waals surface area contributed by atoms with Crippen molar-refractivity contribution in [1.29, 1.82) is 0 Å². The first-order chi connectivity index (χ1) is 25.0. The summed E-state index contributed by atoms with van der Waals surface area (Å²) in [7, 11) is 0. The average molecular weight is 744 g/mol. The molecule has 7 N–H and O–H groups in total. The van der Waals surface area contributed by atoms with Crippen molar-refractivity contribution in [1.82, 2.24) is 14.9 Å². The van der Waals surface area contributed by atoms with E-state index in [0.29, 0.717) is 16.6 Å². The summed E-state index contributed by atoms with van der Waals surface area (Å²) in [6.07, 6.45) is -8.07. The fraction of sp³-hybridized carbons (Fsp3) is 0.243. The van der Waals surface area contributed by atoms with Gasteiger partial charge >= 0.3 is 12.4 Å². The maximum absolute atomic E-state index is 13.1. The van der Waals surface area contributed by atoms with Crippen molar-refractivity contribution in [3.63, 3.8) is 0 Å². The van der Waals surface area contributed by atoms with E-state index in [4.69, 9.17) is 21.9 Å². The van der Waals surface area contributed by atoms with Gasteiger partial charge < -0.3 is 31.8 Å². The molecule has 10 nitrogen and oxygen atoms in total. The zero-order chi connectivity index (χ0) is 39.3. The van der Waals surface area contributed by atoms with Crippen LogP contribution in [0, 0.1) is 0 Å². The molecule has 5 aromatic rings. The highest BCUT2D eigenvalue weighted by molar-refractivity contribution is 5.98. The number of rotatable bonds is 10. The van der Waals surface area contributed by atoms with E-state index < -0.39 is 35.3 Å². The maximum Gasteiger partial charge on any atom is 0.416 e. The Morgan fingerprint density at radius 2 is 1.42 bits per heavy atom. The predicted octanol–water partition coefficient (Wildman–Crippen LogP) is 7.64. The van der Waals surface area contributed by atoms with Gasteiger partial charge in [0.2, 0.25) is 5.91 Å².